The highest BCUT2D eigenvalue weighted by atomic mass is 79.9. The van der Waals surface area contributed by atoms with Crippen molar-refractivity contribution < 1.29 is 0 Å². The molecule has 0 unspecified atom stereocenters. The number of hydrogen-bond acceptors (Lipinski definition) is 2. The molecule has 2 aromatic rings. The Hall–Kier alpha value is -2.54. The standard InChI is InChI=1S/C16H7BrN2/c17-16-8-7-14(15(9-16)11-19)6-5-12-1-3-13(10-18)4-2-12/h1-4,7-9H. The van der Waals surface area contributed by atoms with E-state index < -0.39 is 0 Å². The van der Waals surface area contributed by atoms with E-state index in [1.54, 1.807) is 36.4 Å². The van der Waals surface area contributed by atoms with Crippen LogP contribution in [0.5, 0.6) is 0 Å². The Morgan fingerprint density at radius 2 is 1.42 bits per heavy atom. The van der Waals surface area contributed by atoms with Gasteiger partial charge in [0.05, 0.1) is 17.2 Å². The first-order valence-electron chi connectivity index (χ1n) is 5.45. The smallest absolute Gasteiger partial charge is 0.100 e. The van der Waals surface area contributed by atoms with Gasteiger partial charge in [0.25, 0.3) is 0 Å². The van der Waals surface area contributed by atoms with Gasteiger partial charge in [0.15, 0.2) is 0 Å². The maximum atomic E-state index is 9.03. The number of nitriles is 2. The molecule has 0 saturated heterocycles. The first-order chi connectivity index (χ1) is 9.22. The molecular weight excluding hydrogens is 300 g/mol. The van der Waals surface area contributed by atoms with Gasteiger partial charge in [-0.25, -0.2) is 0 Å². The van der Waals surface area contributed by atoms with Gasteiger partial charge in [-0.15, -0.1) is 0 Å². The van der Waals surface area contributed by atoms with E-state index in [2.05, 4.69) is 39.9 Å². The lowest BCUT2D eigenvalue weighted by Gasteiger charge is -1.96. The van der Waals surface area contributed by atoms with Crippen LogP contribution in [0.15, 0.2) is 46.9 Å². The summed E-state index contributed by atoms with van der Waals surface area (Å²) in [6.45, 7) is 0. The van der Waals surface area contributed by atoms with Crippen LogP contribution in [0.2, 0.25) is 0 Å². The molecule has 0 amide bonds. The van der Waals surface area contributed by atoms with Gasteiger partial charge in [0.1, 0.15) is 6.07 Å². The molecule has 0 aliphatic carbocycles. The molecular formula is C16H7BrN2. The van der Waals surface area contributed by atoms with Crippen molar-refractivity contribution in [2.75, 3.05) is 0 Å². The quantitative estimate of drug-likeness (QED) is 0.698. The van der Waals surface area contributed by atoms with Crippen LogP contribution < -0.4 is 0 Å². The fourth-order valence-electron chi connectivity index (χ4n) is 1.49. The van der Waals surface area contributed by atoms with E-state index in [4.69, 9.17) is 10.5 Å². The third kappa shape index (κ3) is 3.23. The Bertz CT molecular complexity index is 751. The van der Waals surface area contributed by atoms with Crippen LogP contribution in [0.4, 0.5) is 0 Å². The van der Waals surface area contributed by atoms with E-state index in [9.17, 15) is 0 Å². The second-order valence-electron chi connectivity index (χ2n) is 3.74. The maximum absolute atomic E-state index is 9.03. The molecule has 3 heteroatoms. The van der Waals surface area contributed by atoms with Gasteiger partial charge >= 0.3 is 0 Å². The zero-order chi connectivity index (χ0) is 13.7. The molecule has 2 aromatic carbocycles. The van der Waals surface area contributed by atoms with Gasteiger partial charge in [-0.05, 0) is 42.5 Å². The third-order valence-corrected chi connectivity index (χ3v) is 2.95. The molecule has 2 rings (SSSR count). The summed E-state index contributed by atoms with van der Waals surface area (Å²) in [5.74, 6) is 5.95. The monoisotopic (exact) mass is 306 g/mol. The number of nitrogens with zero attached hydrogens (tertiary/aromatic N) is 2. The van der Waals surface area contributed by atoms with Crippen molar-refractivity contribution in [2.24, 2.45) is 0 Å². The normalized spacial score (nSPS) is 8.79. The first-order valence-corrected chi connectivity index (χ1v) is 6.24. The van der Waals surface area contributed by atoms with Crippen molar-refractivity contribution >= 4 is 15.9 Å². The van der Waals surface area contributed by atoms with E-state index in [0.717, 1.165) is 10.0 Å². The van der Waals surface area contributed by atoms with Gasteiger partial charge in [-0.1, -0.05) is 27.8 Å². The summed E-state index contributed by atoms with van der Waals surface area (Å²) in [4.78, 5) is 0. The molecule has 88 valence electrons. The molecule has 0 aromatic heterocycles. The van der Waals surface area contributed by atoms with E-state index >= 15 is 0 Å². The SMILES string of the molecule is N#Cc1ccc(C#Cc2ccc(Br)cc2C#N)cc1. The highest BCUT2D eigenvalue weighted by Gasteiger charge is 1.99. The van der Waals surface area contributed by atoms with Crippen molar-refractivity contribution in [2.45, 2.75) is 0 Å². The minimum absolute atomic E-state index is 0.538. The molecule has 0 bridgehead atoms. The fraction of sp³-hybridized carbons (Fsp3) is 0. The molecule has 0 fully saturated rings. The summed E-state index contributed by atoms with van der Waals surface area (Å²) in [7, 11) is 0. The molecule has 2 nitrogen and oxygen atoms in total. The second kappa shape index (κ2) is 5.87. The van der Waals surface area contributed by atoms with Crippen LogP contribution in [0.3, 0.4) is 0 Å². The summed E-state index contributed by atoms with van der Waals surface area (Å²) in [5.41, 5.74) is 2.64. The number of rotatable bonds is 0. The third-order valence-electron chi connectivity index (χ3n) is 2.46. The predicted octanol–water partition coefficient (Wildman–Crippen LogP) is 3.59. The molecule has 0 N–H and O–H groups in total. The fourth-order valence-corrected chi connectivity index (χ4v) is 1.85. The topological polar surface area (TPSA) is 47.6 Å². The lowest BCUT2D eigenvalue weighted by molar-refractivity contribution is 1.45. The van der Waals surface area contributed by atoms with Crippen molar-refractivity contribution in [3.05, 3.63) is 69.2 Å². The van der Waals surface area contributed by atoms with Crippen molar-refractivity contribution in [1.82, 2.24) is 0 Å². The molecule has 0 heterocycles. The van der Waals surface area contributed by atoms with Gasteiger partial charge in [0, 0.05) is 15.6 Å². The zero-order valence-electron chi connectivity index (χ0n) is 9.81. The van der Waals surface area contributed by atoms with E-state index in [0.29, 0.717) is 16.7 Å². The van der Waals surface area contributed by atoms with Gasteiger partial charge in [0.2, 0.25) is 0 Å². The van der Waals surface area contributed by atoms with E-state index in [-0.39, 0.29) is 0 Å². The lowest BCUT2D eigenvalue weighted by Crippen LogP contribution is -1.83. The Morgan fingerprint density at radius 3 is 2.05 bits per heavy atom. The minimum atomic E-state index is 0.538. The zero-order valence-corrected chi connectivity index (χ0v) is 11.4. The van der Waals surface area contributed by atoms with Crippen LogP contribution in [0.1, 0.15) is 22.3 Å². The van der Waals surface area contributed by atoms with Gasteiger partial charge < -0.3 is 0 Å². The number of hydrogen-bond donors (Lipinski definition) is 0. The maximum Gasteiger partial charge on any atom is 0.100 e. The Balaban J connectivity index is 2.34. The van der Waals surface area contributed by atoms with Crippen LogP contribution in [-0.2, 0) is 0 Å². The molecule has 19 heavy (non-hydrogen) atoms. The Labute approximate surface area is 120 Å². The van der Waals surface area contributed by atoms with E-state index in [1.807, 2.05) is 6.07 Å². The molecule has 0 radical (unpaired) electrons. The van der Waals surface area contributed by atoms with Crippen molar-refractivity contribution in [1.29, 1.82) is 10.5 Å². The molecule has 0 aliphatic heterocycles. The lowest BCUT2D eigenvalue weighted by atomic mass is 10.1. The summed E-state index contributed by atoms with van der Waals surface area (Å²) in [5, 5.41) is 17.7. The first kappa shape index (κ1) is 12.9. The largest absolute Gasteiger partial charge is 0.192 e. The van der Waals surface area contributed by atoms with Gasteiger partial charge in [-0.3, -0.25) is 0 Å². The average Bonchev–Trinajstić information content (AvgIpc) is 2.46. The van der Waals surface area contributed by atoms with Crippen molar-refractivity contribution in [3.63, 3.8) is 0 Å². The Morgan fingerprint density at radius 1 is 0.737 bits per heavy atom. The van der Waals surface area contributed by atoms with Gasteiger partial charge in [-0.2, -0.15) is 10.5 Å². The summed E-state index contributed by atoms with van der Waals surface area (Å²) in [6, 6.07) is 16.6. The number of benzene rings is 2. The predicted molar refractivity (Wildman–Crippen MR) is 76.0 cm³/mol. The number of halogens is 1. The highest BCUT2D eigenvalue weighted by Crippen LogP contribution is 2.15. The minimum Gasteiger partial charge on any atom is -0.192 e. The van der Waals surface area contributed by atoms with Crippen LogP contribution in [0, 0.1) is 34.5 Å². The summed E-state index contributed by atoms with van der Waals surface area (Å²) in [6.07, 6.45) is 0. The van der Waals surface area contributed by atoms with Crippen LogP contribution >= 0.6 is 15.9 Å². The highest BCUT2D eigenvalue weighted by molar-refractivity contribution is 9.10. The van der Waals surface area contributed by atoms with Crippen LogP contribution in [0.25, 0.3) is 0 Å². The summed E-state index contributed by atoms with van der Waals surface area (Å²) >= 11 is 3.32. The molecule has 0 spiro atoms. The van der Waals surface area contributed by atoms with Crippen LogP contribution in [-0.4, -0.2) is 0 Å². The average molecular weight is 307 g/mol. The second-order valence-corrected chi connectivity index (χ2v) is 4.66. The Kier molecular flexibility index (Phi) is 3.99. The van der Waals surface area contributed by atoms with E-state index in [1.165, 1.54) is 0 Å². The van der Waals surface area contributed by atoms with Crippen molar-refractivity contribution in [3.8, 4) is 24.0 Å². The molecule has 0 aliphatic rings. The molecule has 0 atom stereocenters. The summed E-state index contributed by atoms with van der Waals surface area (Å²) < 4.78 is 0.855. The molecule has 0 saturated carbocycles.